The summed E-state index contributed by atoms with van der Waals surface area (Å²) in [7, 11) is 0. The molecule has 0 aliphatic carbocycles. The van der Waals surface area contributed by atoms with Crippen molar-refractivity contribution in [1.82, 2.24) is 5.43 Å². The average molecular weight is 602 g/mol. The molecule has 0 bridgehead atoms. The van der Waals surface area contributed by atoms with Crippen LogP contribution in [0.5, 0.6) is 11.5 Å². The number of anilines is 2. The van der Waals surface area contributed by atoms with Crippen LogP contribution in [-0.2, 0) is 14.4 Å². The molecule has 3 rings (SSSR count). The minimum atomic E-state index is -0.956. The van der Waals surface area contributed by atoms with Gasteiger partial charge in [-0.1, -0.05) is 46.9 Å². The fourth-order valence-corrected chi connectivity index (χ4v) is 3.60. The topological polar surface area (TPSA) is 118 Å². The van der Waals surface area contributed by atoms with Crippen molar-refractivity contribution in [3.63, 3.8) is 0 Å². The molecule has 9 nitrogen and oxygen atoms in total. The van der Waals surface area contributed by atoms with Gasteiger partial charge in [-0.25, -0.2) is 5.43 Å². The zero-order valence-electron chi connectivity index (χ0n) is 20.5. The molecular formula is C27H26BrClN4O5. The molecule has 0 spiro atoms. The summed E-state index contributed by atoms with van der Waals surface area (Å²) in [5, 5.41) is 9.53. The van der Waals surface area contributed by atoms with Gasteiger partial charge in [0.2, 0.25) is 0 Å². The van der Waals surface area contributed by atoms with Gasteiger partial charge in [-0.15, -0.1) is 0 Å². The zero-order chi connectivity index (χ0) is 27.3. The Hall–Kier alpha value is -3.89. The smallest absolute Gasteiger partial charge is 0.329 e. The maximum absolute atomic E-state index is 12.3. The molecule has 0 aromatic heterocycles. The van der Waals surface area contributed by atoms with Gasteiger partial charge in [-0.05, 0) is 67.1 Å². The minimum absolute atomic E-state index is 0.272. The third-order valence-corrected chi connectivity index (χ3v) is 5.62. The number of hydrogen-bond donors (Lipinski definition) is 3. The Morgan fingerprint density at radius 3 is 2.47 bits per heavy atom. The number of unbranched alkanes of at least 4 members (excludes halogenated alkanes) is 1. The molecule has 0 saturated carbocycles. The standard InChI is InChI=1S/C27H26BrClN4O5/c1-2-3-13-37-23-10-8-21(9-11-23)32-26(35)27(36)33-30-16-18-14-19(28)7-12-24(18)38-17-25(34)31-22-6-4-5-20(29)15-22/h4-12,14-16H,2-3,13,17H2,1H3,(H,31,34)(H,32,35)(H,33,36)/b30-16-. The van der Waals surface area contributed by atoms with Crippen LogP contribution in [0.1, 0.15) is 25.3 Å². The van der Waals surface area contributed by atoms with Crippen LogP contribution in [0.15, 0.2) is 76.3 Å². The largest absolute Gasteiger partial charge is 0.494 e. The first-order valence-electron chi connectivity index (χ1n) is 11.7. The Morgan fingerprint density at radius 1 is 0.947 bits per heavy atom. The van der Waals surface area contributed by atoms with Gasteiger partial charge in [0, 0.05) is 26.4 Å². The van der Waals surface area contributed by atoms with E-state index in [4.69, 9.17) is 21.1 Å². The van der Waals surface area contributed by atoms with Crippen LogP contribution in [0.2, 0.25) is 5.02 Å². The molecule has 3 N–H and O–H groups in total. The molecule has 198 valence electrons. The second-order valence-electron chi connectivity index (χ2n) is 7.91. The van der Waals surface area contributed by atoms with Crippen LogP contribution in [0.3, 0.4) is 0 Å². The van der Waals surface area contributed by atoms with Crippen molar-refractivity contribution in [2.24, 2.45) is 5.10 Å². The van der Waals surface area contributed by atoms with Crippen LogP contribution in [0.4, 0.5) is 11.4 Å². The Kier molecular flexibility index (Phi) is 11.1. The number of hydrogen-bond acceptors (Lipinski definition) is 6. The van der Waals surface area contributed by atoms with Crippen molar-refractivity contribution in [2.45, 2.75) is 19.8 Å². The molecule has 11 heteroatoms. The number of carbonyl (C=O) groups is 3. The second-order valence-corrected chi connectivity index (χ2v) is 9.26. The van der Waals surface area contributed by atoms with E-state index in [1.807, 2.05) is 0 Å². The number of nitrogens with zero attached hydrogens (tertiary/aromatic N) is 1. The molecule has 3 amide bonds. The summed E-state index contributed by atoms with van der Waals surface area (Å²) >= 11 is 9.29. The third kappa shape index (κ3) is 9.53. The normalized spacial score (nSPS) is 10.6. The molecule has 0 saturated heterocycles. The SMILES string of the molecule is CCCCOc1ccc(NC(=O)C(=O)N/N=C\c2cc(Br)ccc2OCC(=O)Nc2cccc(Cl)c2)cc1. The number of carbonyl (C=O) groups excluding carboxylic acids is 3. The molecular weight excluding hydrogens is 576 g/mol. The van der Waals surface area contributed by atoms with Crippen molar-refractivity contribution in [1.29, 1.82) is 0 Å². The van der Waals surface area contributed by atoms with Gasteiger partial charge in [-0.2, -0.15) is 5.10 Å². The van der Waals surface area contributed by atoms with Crippen LogP contribution in [-0.4, -0.2) is 37.1 Å². The van der Waals surface area contributed by atoms with E-state index >= 15 is 0 Å². The molecule has 0 unspecified atom stereocenters. The predicted molar refractivity (Wildman–Crippen MR) is 151 cm³/mol. The van der Waals surface area contributed by atoms with Gasteiger partial charge in [0.05, 0.1) is 12.8 Å². The number of nitrogens with one attached hydrogen (secondary N) is 3. The summed E-state index contributed by atoms with van der Waals surface area (Å²) in [5.41, 5.74) is 3.63. The third-order valence-electron chi connectivity index (χ3n) is 4.89. The number of benzene rings is 3. The maximum Gasteiger partial charge on any atom is 0.329 e. The summed E-state index contributed by atoms with van der Waals surface area (Å²) in [4.78, 5) is 36.6. The van der Waals surface area contributed by atoms with Crippen molar-refractivity contribution in [2.75, 3.05) is 23.8 Å². The van der Waals surface area contributed by atoms with Gasteiger partial charge in [0.15, 0.2) is 6.61 Å². The first-order chi connectivity index (χ1) is 18.3. The molecule has 0 aliphatic heterocycles. The second kappa shape index (κ2) is 14.7. The predicted octanol–water partition coefficient (Wildman–Crippen LogP) is 5.39. The fourth-order valence-electron chi connectivity index (χ4n) is 3.03. The molecule has 0 fully saturated rings. The Bertz CT molecular complexity index is 1300. The number of amides is 3. The lowest BCUT2D eigenvalue weighted by molar-refractivity contribution is -0.136. The fraction of sp³-hybridized carbons (Fsp3) is 0.185. The number of rotatable bonds is 11. The van der Waals surface area contributed by atoms with Gasteiger partial charge in [0.25, 0.3) is 5.91 Å². The molecule has 3 aromatic carbocycles. The first-order valence-corrected chi connectivity index (χ1v) is 12.9. The summed E-state index contributed by atoms with van der Waals surface area (Å²) < 4.78 is 11.9. The van der Waals surface area contributed by atoms with E-state index < -0.39 is 11.8 Å². The van der Waals surface area contributed by atoms with E-state index in [0.717, 1.165) is 17.3 Å². The summed E-state index contributed by atoms with van der Waals surface area (Å²) in [6.07, 6.45) is 3.29. The van der Waals surface area contributed by atoms with E-state index in [9.17, 15) is 14.4 Å². The van der Waals surface area contributed by atoms with Gasteiger partial charge >= 0.3 is 11.8 Å². The van der Waals surface area contributed by atoms with Crippen molar-refractivity contribution in [3.05, 3.63) is 81.8 Å². The van der Waals surface area contributed by atoms with Crippen LogP contribution in [0.25, 0.3) is 0 Å². The summed E-state index contributed by atoms with van der Waals surface area (Å²) in [6, 6.07) is 18.5. The van der Waals surface area contributed by atoms with E-state index in [0.29, 0.717) is 40.1 Å². The minimum Gasteiger partial charge on any atom is -0.494 e. The number of hydrazone groups is 1. The summed E-state index contributed by atoms with van der Waals surface area (Å²) in [5.74, 6) is -1.20. The highest BCUT2D eigenvalue weighted by Gasteiger charge is 2.13. The van der Waals surface area contributed by atoms with Crippen LogP contribution < -0.4 is 25.5 Å². The highest BCUT2D eigenvalue weighted by atomic mass is 79.9. The lowest BCUT2D eigenvalue weighted by Gasteiger charge is -2.10. The lowest BCUT2D eigenvalue weighted by atomic mass is 10.2. The van der Waals surface area contributed by atoms with E-state index in [-0.39, 0.29) is 12.5 Å². The highest BCUT2D eigenvalue weighted by molar-refractivity contribution is 9.10. The highest BCUT2D eigenvalue weighted by Crippen LogP contribution is 2.22. The Morgan fingerprint density at radius 2 is 1.74 bits per heavy atom. The molecule has 0 aliphatic rings. The van der Waals surface area contributed by atoms with Gasteiger partial charge in [0.1, 0.15) is 11.5 Å². The molecule has 38 heavy (non-hydrogen) atoms. The lowest BCUT2D eigenvalue weighted by Crippen LogP contribution is -2.32. The zero-order valence-corrected chi connectivity index (χ0v) is 22.8. The average Bonchev–Trinajstić information content (AvgIpc) is 2.89. The van der Waals surface area contributed by atoms with Crippen molar-refractivity contribution < 1.29 is 23.9 Å². The molecule has 0 radical (unpaired) electrons. The maximum atomic E-state index is 12.3. The van der Waals surface area contributed by atoms with Crippen LogP contribution >= 0.6 is 27.5 Å². The van der Waals surface area contributed by atoms with E-state index in [1.165, 1.54) is 6.21 Å². The van der Waals surface area contributed by atoms with E-state index in [2.05, 4.69) is 44.0 Å². The van der Waals surface area contributed by atoms with Crippen LogP contribution in [0, 0.1) is 0 Å². The number of ether oxygens (including phenoxy) is 2. The van der Waals surface area contributed by atoms with E-state index in [1.54, 1.807) is 66.7 Å². The monoisotopic (exact) mass is 600 g/mol. The van der Waals surface area contributed by atoms with Crippen molar-refractivity contribution in [3.8, 4) is 11.5 Å². The first kappa shape index (κ1) is 28.7. The quantitative estimate of drug-likeness (QED) is 0.118. The Labute approximate surface area is 233 Å². The van der Waals surface area contributed by atoms with Crippen molar-refractivity contribution >= 4 is 62.8 Å². The molecule has 0 atom stereocenters. The van der Waals surface area contributed by atoms with Gasteiger partial charge < -0.3 is 20.1 Å². The Balaban J connectivity index is 1.52. The summed E-state index contributed by atoms with van der Waals surface area (Å²) in [6.45, 7) is 2.42. The molecule has 3 aromatic rings. The molecule has 0 heterocycles. The van der Waals surface area contributed by atoms with Gasteiger partial charge in [-0.3, -0.25) is 14.4 Å². The number of halogens is 2.